The standard InChI is InChI=1S/C25H35N9O7/c26-16(9-14-5-2-1-3-6-14)21(37)33-18(10-15-12-29-13-31-15)22(38)34-19(11-20(35)36)23(39)32-17(24(40)41)7-4-8-30-25(27)28/h1-3,5-6,12-13,16-19H,4,7-11,26H2,(H,29,31)(H,32,39)(H,33,37)(H,34,38)(H,35,36)(H,40,41)(H4,27,28,30). The maximum absolute atomic E-state index is 13.2. The van der Waals surface area contributed by atoms with Gasteiger partial charge in [0.2, 0.25) is 17.7 Å². The number of carboxylic acid groups (broad SMARTS) is 2. The van der Waals surface area contributed by atoms with Gasteiger partial charge in [-0.05, 0) is 24.8 Å². The van der Waals surface area contributed by atoms with Crippen LogP contribution in [0.4, 0.5) is 0 Å². The van der Waals surface area contributed by atoms with E-state index in [-0.39, 0.29) is 38.2 Å². The van der Waals surface area contributed by atoms with E-state index in [4.69, 9.17) is 17.2 Å². The molecule has 0 aliphatic heterocycles. The number of hydrogen-bond donors (Lipinski definition) is 9. The predicted octanol–water partition coefficient (Wildman–Crippen LogP) is -2.41. The molecule has 16 nitrogen and oxygen atoms in total. The fourth-order valence-electron chi connectivity index (χ4n) is 3.75. The van der Waals surface area contributed by atoms with Crippen molar-refractivity contribution in [1.82, 2.24) is 25.9 Å². The van der Waals surface area contributed by atoms with Crippen molar-refractivity contribution in [2.24, 2.45) is 22.2 Å². The van der Waals surface area contributed by atoms with Crippen LogP contribution in [-0.2, 0) is 36.8 Å². The van der Waals surface area contributed by atoms with Crippen LogP contribution in [-0.4, -0.2) is 86.5 Å². The maximum Gasteiger partial charge on any atom is 0.326 e. The molecule has 4 unspecified atom stereocenters. The molecule has 4 atom stereocenters. The summed E-state index contributed by atoms with van der Waals surface area (Å²) in [6.07, 6.45) is 2.19. The molecular weight excluding hydrogens is 538 g/mol. The molecule has 222 valence electrons. The first-order chi connectivity index (χ1) is 19.5. The third-order valence-electron chi connectivity index (χ3n) is 5.82. The number of carbonyl (C=O) groups excluding carboxylic acids is 3. The zero-order valence-electron chi connectivity index (χ0n) is 22.2. The number of carbonyl (C=O) groups is 5. The first kappa shape index (κ1) is 32.2. The fraction of sp³-hybridized carbons (Fsp3) is 0.400. The smallest absolute Gasteiger partial charge is 0.326 e. The number of imidazole rings is 1. The molecule has 0 saturated heterocycles. The van der Waals surface area contributed by atoms with Crippen molar-refractivity contribution in [3.8, 4) is 0 Å². The number of nitrogens with zero attached hydrogens (tertiary/aromatic N) is 2. The Morgan fingerprint density at radius 3 is 2.12 bits per heavy atom. The summed E-state index contributed by atoms with van der Waals surface area (Å²) in [6, 6.07) is 3.65. The average molecular weight is 574 g/mol. The SMILES string of the molecule is NC(N)=NCCCC(NC(=O)C(CC(=O)O)NC(=O)C(Cc1cnc[nH]1)NC(=O)C(N)Cc1ccccc1)C(=O)O. The van der Waals surface area contributed by atoms with Crippen molar-refractivity contribution in [1.29, 1.82) is 0 Å². The Bertz CT molecular complexity index is 1200. The van der Waals surface area contributed by atoms with E-state index in [1.54, 1.807) is 24.3 Å². The molecule has 0 spiro atoms. The van der Waals surface area contributed by atoms with Crippen molar-refractivity contribution in [3.05, 3.63) is 54.1 Å². The molecule has 0 aliphatic rings. The van der Waals surface area contributed by atoms with Crippen LogP contribution in [0, 0.1) is 0 Å². The maximum atomic E-state index is 13.2. The van der Waals surface area contributed by atoms with Crippen LogP contribution in [0.3, 0.4) is 0 Å². The second-order valence-electron chi connectivity index (χ2n) is 9.15. The molecule has 3 amide bonds. The van der Waals surface area contributed by atoms with Gasteiger partial charge in [0.1, 0.15) is 18.1 Å². The Labute approximate surface area is 235 Å². The molecule has 1 aromatic heterocycles. The average Bonchev–Trinajstić information content (AvgIpc) is 3.42. The normalized spacial score (nSPS) is 13.6. The zero-order valence-corrected chi connectivity index (χ0v) is 22.2. The van der Waals surface area contributed by atoms with Gasteiger partial charge >= 0.3 is 11.9 Å². The van der Waals surface area contributed by atoms with Crippen molar-refractivity contribution in [2.75, 3.05) is 6.54 Å². The fourth-order valence-corrected chi connectivity index (χ4v) is 3.75. The summed E-state index contributed by atoms with van der Waals surface area (Å²) < 4.78 is 0. The summed E-state index contributed by atoms with van der Waals surface area (Å²) in [4.78, 5) is 72.6. The van der Waals surface area contributed by atoms with Crippen molar-refractivity contribution in [2.45, 2.75) is 56.3 Å². The number of nitrogens with one attached hydrogen (secondary N) is 4. The van der Waals surface area contributed by atoms with Gasteiger partial charge in [-0.3, -0.25) is 24.2 Å². The molecule has 0 fully saturated rings. The number of aromatic amines is 1. The highest BCUT2D eigenvalue weighted by Crippen LogP contribution is 2.06. The molecule has 12 N–H and O–H groups in total. The monoisotopic (exact) mass is 573 g/mol. The van der Waals surface area contributed by atoms with Crippen LogP contribution in [0.25, 0.3) is 0 Å². The van der Waals surface area contributed by atoms with Crippen molar-refractivity contribution < 1.29 is 34.2 Å². The van der Waals surface area contributed by atoms with E-state index >= 15 is 0 Å². The summed E-state index contributed by atoms with van der Waals surface area (Å²) >= 11 is 0. The zero-order chi connectivity index (χ0) is 30.4. The van der Waals surface area contributed by atoms with Gasteiger partial charge in [-0.15, -0.1) is 0 Å². The third kappa shape index (κ3) is 11.7. The number of rotatable bonds is 17. The Kier molecular flexibility index (Phi) is 12.7. The molecule has 1 aromatic carbocycles. The molecule has 0 bridgehead atoms. The Morgan fingerprint density at radius 2 is 1.54 bits per heavy atom. The van der Waals surface area contributed by atoms with Crippen molar-refractivity contribution in [3.63, 3.8) is 0 Å². The van der Waals surface area contributed by atoms with Gasteiger partial charge in [0.15, 0.2) is 5.96 Å². The highest BCUT2D eigenvalue weighted by Gasteiger charge is 2.32. The summed E-state index contributed by atoms with van der Waals surface area (Å²) in [5.41, 5.74) is 17.8. The van der Waals surface area contributed by atoms with E-state index in [1.807, 2.05) is 6.07 Å². The third-order valence-corrected chi connectivity index (χ3v) is 5.82. The first-order valence-electron chi connectivity index (χ1n) is 12.6. The van der Waals surface area contributed by atoms with E-state index < -0.39 is 60.2 Å². The summed E-state index contributed by atoms with van der Waals surface area (Å²) in [5.74, 6) is -5.56. The first-order valence-corrected chi connectivity index (χ1v) is 12.6. The highest BCUT2D eigenvalue weighted by molar-refractivity contribution is 5.95. The molecular formula is C25H35N9O7. The molecule has 41 heavy (non-hydrogen) atoms. The second kappa shape index (κ2) is 16.2. The van der Waals surface area contributed by atoms with Crippen molar-refractivity contribution >= 4 is 35.6 Å². The highest BCUT2D eigenvalue weighted by atomic mass is 16.4. The van der Waals surface area contributed by atoms with Crippen LogP contribution >= 0.6 is 0 Å². The van der Waals surface area contributed by atoms with Gasteiger partial charge in [0, 0.05) is 24.9 Å². The minimum atomic E-state index is -1.65. The lowest BCUT2D eigenvalue weighted by atomic mass is 10.0. The number of nitrogens with two attached hydrogens (primary N) is 3. The van der Waals surface area contributed by atoms with Gasteiger partial charge < -0.3 is 48.3 Å². The van der Waals surface area contributed by atoms with Gasteiger partial charge in [0.25, 0.3) is 0 Å². The molecule has 2 aromatic rings. The van der Waals surface area contributed by atoms with Gasteiger partial charge in [-0.2, -0.15) is 0 Å². The van der Waals surface area contributed by atoms with E-state index in [0.29, 0.717) is 5.69 Å². The molecule has 2 rings (SSSR count). The number of guanidine groups is 1. The quantitative estimate of drug-likeness (QED) is 0.0545. The van der Waals surface area contributed by atoms with E-state index in [9.17, 15) is 34.2 Å². The number of H-pyrrole nitrogens is 1. The molecule has 0 saturated carbocycles. The van der Waals surface area contributed by atoms with Gasteiger partial charge in [0.05, 0.1) is 18.8 Å². The molecule has 1 heterocycles. The number of benzene rings is 1. The lowest BCUT2D eigenvalue weighted by molar-refractivity contribution is -0.143. The van der Waals surface area contributed by atoms with E-state index in [1.165, 1.54) is 12.5 Å². The molecule has 16 heteroatoms. The van der Waals surface area contributed by atoms with Crippen LogP contribution in [0.1, 0.15) is 30.5 Å². The van der Waals surface area contributed by atoms with Gasteiger partial charge in [-0.25, -0.2) is 9.78 Å². The number of aliphatic imine (C=N–C) groups is 1. The predicted molar refractivity (Wildman–Crippen MR) is 146 cm³/mol. The lowest BCUT2D eigenvalue weighted by Crippen LogP contribution is -2.58. The number of hydrogen-bond acceptors (Lipinski definition) is 8. The lowest BCUT2D eigenvalue weighted by Gasteiger charge is -2.24. The Hall–Kier alpha value is -4.99. The summed E-state index contributed by atoms with van der Waals surface area (Å²) in [7, 11) is 0. The second-order valence-corrected chi connectivity index (χ2v) is 9.15. The minimum Gasteiger partial charge on any atom is -0.481 e. The minimum absolute atomic E-state index is 0.0661. The topological polar surface area (TPSA) is 281 Å². The van der Waals surface area contributed by atoms with Crippen LogP contribution < -0.4 is 33.2 Å². The number of carboxylic acids is 2. The number of aliphatic carboxylic acids is 2. The van der Waals surface area contributed by atoms with Crippen LogP contribution in [0.15, 0.2) is 47.8 Å². The Balaban J connectivity index is 2.14. The van der Waals surface area contributed by atoms with Crippen LogP contribution in [0.5, 0.6) is 0 Å². The number of amides is 3. The largest absolute Gasteiger partial charge is 0.481 e. The summed E-state index contributed by atoms with van der Waals surface area (Å²) in [5, 5.41) is 25.9. The molecule has 0 radical (unpaired) electrons. The Morgan fingerprint density at radius 1 is 0.902 bits per heavy atom. The summed E-state index contributed by atoms with van der Waals surface area (Å²) in [6.45, 7) is 0.110. The molecule has 0 aliphatic carbocycles. The van der Waals surface area contributed by atoms with E-state index in [2.05, 4.69) is 30.9 Å². The van der Waals surface area contributed by atoms with Gasteiger partial charge in [-0.1, -0.05) is 30.3 Å². The van der Waals surface area contributed by atoms with E-state index in [0.717, 1.165) is 5.56 Å². The number of aromatic nitrogens is 2. The van der Waals surface area contributed by atoms with Crippen LogP contribution in [0.2, 0.25) is 0 Å².